The van der Waals surface area contributed by atoms with E-state index in [1.54, 1.807) is 36.4 Å². The molecule has 190 valence electrons. The molecular formula is C27H25N3O6S. The Bertz CT molecular complexity index is 1500. The molecule has 37 heavy (non-hydrogen) atoms. The number of esters is 1. The highest BCUT2D eigenvalue weighted by Gasteiger charge is 2.48. The highest BCUT2D eigenvalue weighted by molar-refractivity contribution is 7.93. The van der Waals surface area contributed by atoms with Crippen LogP contribution in [0.1, 0.15) is 18.1 Å². The predicted molar refractivity (Wildman–Crippen MR) is 138 cm³/mol. The quantitative estimate of drug-likeness (QED) is 0.519. The van der Waals surface area contributed by atoms with E-state index in [4.69, 9.17) is 4.74 Å². The van der Waals surface area contributed by atoms with E-state index >= 15 is 0 Å². The van der Waals surface area contributed by atoms with Crippen LogP contribution in [0.2, 0.25) is 0 Å². The average Bonchev–Trinajstić information content (AvgIpc) is 3.47. The first-order chi connectivity index (χ1) is 17.7. The lowest BCUT2D eigenvalue weighted by atomic mass is 10.1. The van der Waals surface area contributed by atoms with E-state index in [0.29, 0.717) is 22.6 Å². The summed E-state index contributed by atoms with van der Waals surface area (Å²) < 4.78 is 34.0. The van der Waals surface area contributed by atoms with Crippen LogP contribution in [-0.2, 0) is 42.0 Å². The van der Waals surface area contributed by atoms with Crippen molar-refractivity contribution in [2.24, 2.45) is 0 Å². The van der Waals surface area contributed by atoms with Crippen molar-refractivity contribution < 1.29 is 27.5 Å². The molecule has 0 spiro atoms. The van der Waals surface area contributed by atoms with E-state index in [1.165, 1.54) is 43.2 Å². The molecule has 5 rings (SSSR count). The van der Waals surface area contributed by atoms with Crippen molar-refractivity contribution in [3.8, 4) is 0 Å². The van der Waals surface area contributed by atoms with Crippen LogP contribution >= 0.6 is 0 Å². The number of para-hydroxylation sites is 2. The molecule has 0 bridgehead atoms. The second-order valence-corrected chi connectivity index (χ2v) is 10.8. The van der Waals surface area contributed by atoms with Crippen molar-refractivity contribution in [2.75, 3.05) is 21.6 Å². The van der Waals surface area contributed by atoms with Gasteiger partial charge in [0.05, 0.1) is 17.7 Å². The third kappa shape index (κ3) is 4.23. The molecule has 0 saturated heterocycles. The monoisotopic (exact) mass is 519 g/mol. The number of anilines is 3. The Hall–Kier alpha value is -4.18. The van der Waals surface area contributed by atoms with Gasteiger partial charge in [-0.1, -0.05) is 36.4 Å². The number of hydrogen-bond donors (Lipinski definition) is 1. The van der Waals surface area contributed by atoms with Gasteiger partial charge in [0.25, 0.3) is 15.9 Å². The molecule has 0 saturated carbocycles. The number of rotatable bonds is 5. The fraction of sp³-hybridized carbons (Fsp3) is 0.222. The summed E-state index contributed by atoms with van der Waals surface area (Å²) in [5.74, 6) is -1.35. The van der Waals surface area contributed by atoms with Gasteiger partial charge in [0, 0.05) is 31.1 Å². The van der Waals surface area contributed by atoms with Gasteiger partial charge in [0.2, 0.25) is 5.91 Å². The number of amides is 2. The van der Waals surface area contributed by atoms with Gasteiger partial charge in [-0.05, 0) is 47.5 Å². The smallest absolute Gasteiger partial charge is 0.329 e. The Morgan fingerprint density at radius 2 is 1.41 bits per heavy atom. The molecule has 0 aliphatic carbocycles. The second-order valence-electron chi connectivity index (χ2n) is 8.94. The first-order valence-corrected chi connectivity index (χ1v) is 13.1. The van der Waals surface area contributed by atoms with Crippen molar-refractivity contribution in [3.63, 3.8) is 0 Å². The SMILES string of the molecule is COC(=O)C1Cc2ccccc2N1C(=O)C1Cc2ccccc2N1S(=O)(=O)c1ccc(NC(C)=O)cc1. The molecular weight excluding hydrogens is 494 g/mol. The topological polar surface area (TPSA) is 113 Å². The maximum absolute atomic E-state index is 14.1. The molecule has 0 radical (unpaired) electrons. The minimum absolute atomic E-state index is 0.0255. The van der Waals surface area contributed by atoms with Crippen LogP contribution in [0.4, 0.5) is 17.1 Å². The van der Waals surface area contributed by atoms with Crippen LogP contribution in [-0.4, -0.2) is 45.4 Å². The van der Waals surface area contributed by atoms with Crippen molar-refractivity contribution in [1.29, 1.82) is 0 Å². The number of methoxy groups -OCH3 is 1. The minimum Gasteiger partial charge on any atom is -0.467 e. The third-order valence-electron chi connectivity index (χ3n) is 6.63. The molecule has 9 nitrogen and oxygen atoms in total. The molecule has 2 aliphatic rings. The van der Waals surface area contributed by atoms with Crippen LogP contribution in [0.3, 0.4) is 0 Å². The first kappa shape index (κ1) is 24.5. The number of carbonyl (C=O) groups excluding carboxylic acids is 3. The Labute approximate surface area is 214 Å². The predicted octanol–water partition coefficient (Wildman–Crippen LogP) is 2.90. The summed E-state index contributed by atoms with van der Waals surface area (Å²) in [4.78, 5) is 39.5. The van der Waals surface area contributed by atoms with Gasteiger partial charge >= 0.3 is 5.97 Å². The van der Waals surface area contributed by atoms with E-state index in [1.807, 2.05) is 12.1 Å². The van der Waals surface area contributed by atoms with Crippen molar-refractivity contribution >= 4 is 44.9 Å². The molecule has 2 atom stereocenters. The molecule has 2 aliphatic heterocycles. The van der Waals surface area contributed by atoms with Crippen LogP contribution in [0.15, 0.2) is 77.7 Å². The highest BCUT2D eigenvalue weighted by Crippen LogP contribution is 2.40. The summed E-state index contributed by atoms with van der Waals surface area (Å²) in [6.45, 7) is 1.36. The summed E-state index contributed by atoms with van der Waals surface area (Å²) >= 11 is 0. The Morgan fingerprint density at radius 3 is 2.03 bits per heavy atom. The number of nitrogens with one attached hydrogen (secondary N) is 1. The molecule has 3 aromatic rings. The number of carbonyl (C=O) groups is 3. The zero-order valence-electron chi connectivity index (χ0n) is 20.2. The number of hydrogen-bond acceptors (Lipinski definition) is 6. The summed E-state index contributed by atoms with van der Waals surface area (Å²) in [5.41, 5.74) is 2.95. The zero-order chi connectivity index (χ0) is 26.3. The van der Waals surface area contributed by atoms with Gasteiger partial charge < -0.3 is 10.1 Å². The van der Waals surface area contributed by atoms with E-state index in [2.05, 4.69) is 5.32 Å². The van der Waals surface area contributed by atoms with Gasteiger partial charge in [0.15, 0.2) is 0 Å². The van der Waals surface area contributed by atoms with Crippen LogP contribution in [0.25, 0.3) is 0 Å². The maximum atomic E-state index is 14.1. The van der Waals surface area contributed by atoms with Crippen molar-refractivity contribution in [3.05, 3.63) is 83.9 Å². The summed E-state index contributed by atoms with van der Waals surface area (Å²) in [6.07, 6.45) is 0.441. The van der Waals surface area contributed by atoms with E-state index < -0.39 is 34.0 Å². The lowest BCUT2D eigenvalue weighted by Gasteiger charge is -2.31. The van der Waals surface area contributed by atoms with Crippen molar-refractivity contribution in [1.82, 2.24) is 0 Å². The van der Waals surface area contributed by atoms with E-state index in [-0.39, 0.29) is 23.6 Å². The van der Waals surface area contributed by atoms with Gasteiger partial charge in [-0.2, -0.15) is 0 Å². The van der Waals surface area contributed by atoms with Crippen molar-refractivity contribution in [2.45, 2.75) is 36.7 Å². The highest BCUT2D eigenvalue weighted by atomic mass is 32.2. The Balaban J connectivity index is 1.57. The third-order valence-corrected chi connectivity index (χ3v) is 8.47. The lowest BCUT2D eigenvalue weighted by molar-refractivity contribution is -0.143. The lowest BCUT2D eigenvalue weighted by Crippen LogP contribution is -2.53. The molecule has 0 fully saturated rings. The number of sulfonamides is 1. The van der Waals surface area contributed by atoms with Crippen LogP contribution < -0.4 is 14.5 Å². The minimum atomic E-state index is -4.18. The molecule has 1 N–H and O–H groups in total. The Morgan fingerprint density at radius 1 is 0.838 bits per heavy atom. The molecule has 2 unspecified atom stereocenters. The molecule has 3 aromatic carbocycles. The van der Waals surface area contributed by atoms with E-state index in [0.717, 1.165) is 9.87 Å². The molecule has 10 heteroatoms. The Kier molecular flexibility index (Phi) is 6.20. The fourth-order valence-corrected chi connectivity index (χ4v) is 6.66. The summed E-state index contributed by atoms with van der Waals surface area (Å²) in [7, 11) is -2.92. The number of ether oxygens (including phenoxy) is 1. The molecule has 0 aromatic heterocycles. The zero-order valence-corrected chi connectivity index (χ0v) is 21.1. The van der Waals surface area contributed by atoms with E-state index in [9.17, 15) is 22.8 Å². The maximum Gasteiger partial charge on any atom is 0.329 e. The van der Waals surface area contributed by atoms with Gasteiger partial charge in [0.1, 0.15) is 12.1 Å². The molecule has 2 heterocycles. The fourth-order valence-electron chi connectivity index (χ4n) is 5.01. The number of fused-ring (bicyclic) bond motifs is 2. The normalized spacial score (nSPS) is 18.2. The summed E-state index contributed by atoms with van der Waals surface area (Å²) in [6, 6.07) is 18.0. The number of nitrogens with zero attached hydrogens (tertiary/aromatic N) is 2. The second kappa shape index (κ2) is 9.36. The largest absolute Gasteiger partial charge is 0.467 e. The van der Waals surface area contributed by atoms with Gasteiger partial charge in [-0.25, -0.2) is 13.2 Å². The molecule has 2 amide bonds. The van der Waals surface area contributed by atoms with Crippen LogP contribution in [0, 0.1) is 0 Å². The standard InChI is InChI=1S/C27H25N3O6S/c1-17(31)28-20-11-13-21(14-12-20)37(34,35)30-23-10-6-4-8-19(23)15-24(30)26(32)29-22-9-5-3-7-18(22)16-25(29)27(33)36-2/h3-14,24-25H,15-16H2,1-2H3,(H,28,31). The summed E-state index contributed by atoms with van der Waals surface area (Å²) in [5, 5.41) is 2.61. The first-order valence-electron chi connectivity index (χ1n) is 11.7. The van der Waals surface area contributed by atoms with Crippen LogP contribution in [0.5, 0.6) is 0 Å². The van der Waals surface area contributed by atoms with Gasteiger partial charge in [-0.3, -0.25) is 18.8 Å². The number of benzene rings is 3. The van der Waals surface area contributed by atoms with Gasteiger partial charge in [-0.15, -0.1) is 0 Å². The average molecular weight is 520 g/mol.